The molecule has 1 saturated heterocycles. The number of piperidine rings is 1. The molecule has 2 N–H and O–H groups in total. The molecule has 134 valence electrons. The van der Waals surface area contributed by atoms with E-state index >= 15 is 0 Å². The Balaban J connectivity index is 1.54. The van der Waals surface area contributed by atoms with E-state index in [0.29, 0.717) is 6.42 Å². The van der Waals surface area contributed by atoms with Gasteiger partial charge in [-0.25, -0.2) is 0 Å². The van der Waals surface area contributed by atoms with Crippen LogP contribution in [0.15, 0.2) is 24.3 Å². The van der Waals surface area contributed by atoms with Crippen LogP contribution in [0.25, 0.3) is 0 Å². The first-order chi connectivity index (χ1) is 12.0. The highest BCUT2D eigenvalue weighted by Gasteiger charge is 2.16. The van der Waals surface area contributed by atoms with Crippen molar-refractivity contribution in [2.75, 3.05) is 18.4 Å². The third-order valence-corrected chi connectivity index (χ3v) is 5.00. The number of aryl methyl sites for hydroxylation is 2. The van der Waals surface area contributed by atoms with E-state index < -0.39 is 0 Å². The van der Waals surface area contributed by atoms with Crippen molar-refractivity contribution in [2.24, 2.45) is 5.92 Å². The lowest BCUT2D eigenvalue weighted by Gasteiger charge is -2.30. The fourth-order valence-corrected chi connectivity index (χ4v) is 3.58. The van der Waals surface area contributed by atoms with Crippen LogP contribution < -0.4 is 5.32 Å². The van der Waals surface area contributed by atoms with Crippen molar-refractivity contribution >= 4 is 11.6 Å². The number of hydrogen-bond acceptors (Lipinski definition) is 3. The predicted molar refractivity (Wildman–Crippen MR) is 101 cm³/mol. The molecular weight excluding hydrogens is 312 g/mol. The Morgan fingerprint density at radius 1 is 1.32 bits per heavy atom. The number of H-pyrrole nitrogens is 1. The topological polar surface area (TPSA) is 61.0 Å². The average Bonchev–Trinajstić information content (AvgIpc) is 2.89. The van der Waals surface area contributed by atoms with Crippen LogP contribution in [0, 0.1) is 19.8 Å². The minimum atomic E-state index is -0.00907. The van der Waals surface area contributed by atoms with Crippen LogP contribution >= 0.6 is 0 Å². The van der Waals surface area contributed by atoms with Gasteiger partial charge in [-0.1, -0.05) is 19.1 Å². The van der Waals surface area contributed by atoms with Gasteiger partial charge in [-0.15, -0.1) is 0 Å². The van der Waals surface area contributed by atoms with Crippen LogP contribution in [-0.4, -0.2) is 34.1 Å². The van der Waals surface area contributed by atoms with Gasteiger partial charge in [0.2, 0.25) is 5.91 Å². The van der Waals surface area contributed by atoms with Gasteiger partial charge in [-0.2, -0.15) is 5.10 Å². The molecule has 1 atom stereocenters. The SMILES string of the molecule is Cc1n[nH]c(C)c1CC(=O)Nc1ccc(CN2CCC[C@@H](C)C2)cc1. The second kappa shape index (κ2) is 7.83. The van der Waals surface area contributed by atoms with Gasteiger partial charge in [0.25, 0.3) is 0 Å². The first kappa shape index (κ1) is 17.7. The molecule has 0 aliphatic carbocycles. The van der Waals surface area contributed by atoms with Gasteiger partial charge in [0.1, 0.15) is 0 Å². The van der Waals surface area contributed by atoms with Crippen molar-refractivity contribution in [1.82, 2.24) is 15.1 Å². The van der Waals surface area contributed by atoms with Crippen molar-refractivity contribution < 1.29 is 4.79 Å². The zero-order chi connectivity index (χ0) is 17.8. The van der Waals surface area contributed by atoms with Crippen LogP contribution in [0.2, 0.25) is 0 Å². The monoisotopic (exact) mass is 340 g/mol. The van der Waals surface area contributed by atoms with Crippen LogP contribution in [0.4, 0.5) is 5.69 Å². The van der Waals surface area contributed by atoms with Gasteiger partial charge < -0.3 is 5.32 Å². The zero-order valence-corrected chi connectivity index (χ0v) is 15.4. The van der Waals surface area contributed by atoms with Gasteiger partial charge in [0, 0.05) is 30.0 Å². The van der Waals surface area contributed by atoms with E-state index in [9.17, 15) is 4.79 Å². The van der Waals surface area contributed by atoms with E-state index in [4.69, 9.17) is 0 Å². The van der Waals surface area contributed by atoms with Crippen molar-refractivity contribution in [3.63, 3.8) is 0 Å². The zero-order valence-electron chi connectivity index (χ0n) is 15.4. The number of likely N-dealkylation sites (tertiary alicyclic amines) is 1. The molecule has 1 amide bonds. The van der Waals surface area contributed by atoms with E-state index in [2.05, 4.69) is 39.5 Å². The molecule has 5 nitrogen and oxygen atoms in total. The molecule has 3 rings (SSSR count). The number of benzene rings is 1. The Labute approximate surface area is 149 Å². The number of aromatic nitrogens is 2. The molecule has 0 radical (unpaired) electrons. The lowest BCUT2D eigenvalue weighted by Crippen LogP contribution is -2.33. The molecule has 1 aliphatic heterocycles. The van der Waals surface area contributed by atoms with E-state index in [1.807, 2.05) is 26.0 Å². The standard InChI is InChI=1S/C20H28N4O/c1-14-5-4-10-24(12-14)13-17-6-8-18(9-7-17)21-20(25)11-19-15(2)22-23-16(19)3/h6-9,14H,4-5,10-13H2,1-3H3,(H,21,25)(H,22,23)/t14-/m1/s1. The summed E-state index contributed by atoms with van der Waals surface area (Å²) in [5.41, 5.74) is 4.97. The average molecular weight is 340 g/mol. The molecule has 0 saturated carbocycles. The first-order valence-electron chi connectivity index (χ1n) is 9.13. The Bertz CT molecular complexity index is 700. The summed E-state index contributed by atoms with van der Waals surface area (Å²) in [4.78, 5) is 14.8. The third kappa shape index (κ3) is 4.69. The highest BCUT2D eigenvalue weighted by atomic mass is 16.1. The van der Waals surface area contributed by atoms with Crippen LogP contribution in [0.5, 0.6) is 0 Å². The minimum Gasteiger partial charge on any atom is -0.326 e. The summed E-state index contributed by atoms with van der Waals surface area (Å²) >= 11 is 0. The molecule has 2 heterocycles. The van der Waals surface area contributed by atoms with Crippen molar-refractivity contribution in [2.45, 2.75) is 46.6 Å². The number of carbonyl (C=O) groups is 1. The van der Waals surface area contributed by atoms with E-state index in [1.165, 1.54) is 31.5 Å². The number of anilines is 1. The maximum absolute atomic E-state index is 12.3. The molecule has 5 heteroatoms. The summed E-state index contributed by atoms with van der Waals surface area (Å²) < 4.78 is 0. The Morgan fingerprint density at radius 2 is 2.08 bits per heavy atom. The molecule has 0 spiro atoms. The Kier molecular flexibility index (Phi) is 5.53. The Morgan fingerprint density at radius 3 is 2.72 bits per heavy atom. The summed E-state index contributed by atoms with van der Waals surface area (Å²) in [5.74, 6) is 0.785. The van der Waals surface area contributed by atoms with Gasteiger partial charge in [-0.3, -0.25) is 14.8 Å². The van der Waals surface area contributed by atoms with Crippen molar-refractivity contribution in [3.05, 3.63) is 46.8 Å². The summed E-state index contributed by atoms with van der Waals surface area (Å²) in [7, 11) is 0. The quantitative estimate of drug-likeness (QED) is 0.876. The highest BCUT2D eigenvalue weighted by Crippen LogP contribution is 2.19. The van der Waals surface area contributed by atoms with E-state index in [0.717, 1.165) is 35.1 Å². The van der Waals surface area contributed by atoms with Crippen LogP contribution in [0.1, 0.15) is 42.3 Å². The predicted octanol–water partition coefficient (Wildman–Crippen LogP) is 3.44. The number of amides is 1. The van der Waals surface area contributed by atoms with Gasteiger partial charge >= 0.3 is 0 Å². The molecule has 25 heavy (non-hydrogen) atoms. The largest absolute Gasteiger partial charge is 0.326 e. The van der Waals surface area contributed by atoms with Gasteiger partial charge in [0.15, 0.2) is 0 Å². The summed E-state index contributed by atoms with van der Waals surface area (Å²) in [6.45, 7) is 9.55. The summed E-state index contributed by atoms with van der Waals surface area (Å²) in [6.07, 6.45) is 2.99. The molecule has 1 fully saturated rings. The number of aromatic amines is 1. The minimum absolute atomic E-state index is 0.00907. The van der Waals surface area contributed by atoms with Crippen LogP contribution in [-0.2, 0) is 17.8 Å². The number of rotatable bonds is 5. The van der Waals surface area contributed by atoms with Crippen LogP contribution in [0.3, 0.4) is 0 Å². The van der Waals surface area contributed by atoms with Crippen molar-refractivity contribution in [1.29, 1.82) is 0 Å². The molecule has 0 unspecified atom stereocenters. The molecule has 1 aromatic carbocycles. The fourth-order valence-electron chi connectivity index (χ4n) is 3.58. The van der Waals surface area contributed by atoms with E-state index in [1.54, 1.807) is 0 Å². The number of hydrogen-bond donors (Lipinski definition) is 2. The number of carbonyl (C=O) groups excluding carboxylic acids is 1. The second-order valence-electron chi connectivity index (χ2n) is 7.32. The normalized spacial score (nSPS) is 18.3. The Hall–Kier alpha value is -2.14. The van der Waals surface area contributed by atoms with Gasteiger partial charge in [-0.05, 0) is 56.8 Å². The maximum atomic E-state index is 12.3. The number of nitrogens with zero attached hydrogens (tertiary/aromatic N) is 2. The molecule has 1 aromatic heterocycles. The van der Waals surface area contributed by atoms with E-state index in [-0.39, 0.29) is 5.91 Å². The highest BCUT2D eigenvalue weighted by molar-refractivity contribution is 5.92. The third-order valence-electron chi connectivity index (χ3n) is 5.00. The second-order valence-corrected chi connectivity index (χ2v) is 7.32. The van der Waals surface area contributed by atoms with Crippen molar-refractivity contribution in [3.8, 4) is 0 Å². The lowest BCUT2D eigenvalue weighted by atomic mass is 10.00. The first-order valence-corrected chi connectivity index (χ1v) is 9.13. The number of nitrogens with one attached hydrogen (secondary N) is 2. The lowest BCUT2D eigenvalue weighted by molar-refractivity contribution is -0.115. The summed E-state index contributed by atoms with van der Waals surface area (Å²) in [5, 5.41) is 10.0. The fraction of sp³-hybridized carbons (Fsp3) is 0.500. The smallest absolute Gasteiger partial charge is 0.228 e. The molecule has 0 bridgehead atoms. The van der Waals surface area contributed by atoms with Gasteiger partial charge in [0.05, 0.1) is 12.1 Å². The molecule has 2 aromatic rings. The molecular formula is C20H28N4O. The molecule has 1 aliphatic rings. The maximum Gasteiger partial charge on any atom is 0.228 e. The summed E-state index contributed by atoms with van der Waals surface area (Å²) in [6, 6.07) is 8.22.